The van der Waals surface area contributed by atoms with E-state index in [4.69, 9.17) is 10.5 Å². The summed E-state index contributed by atoms with van der Waals surface area (Å²) in [5.41, 5.74) is 7.41. The summed E-state index contributed by atoms with van der Waals surface area (Å²) < 4.78 is 19.3. The Morgan fingerprint density at radius 2 is 2.15 bits per heavy atom. The van der Waals surface area contributed by atoms with Crippen LogP contribution in [0, 0.1) is 11.7 Å². The molecule has 3 nitrogen and oxygen atoms in total. The van der Waals surface area contributed by atoms with Crippen LogP contribution in [0.1, 0.15) is 40.0 Å². The molecular weight excluding hydrogens is 255 g/mol. The zero-order valence-corrected chi connectivity index (χ0v) is 12.7. The normalized spacial score (nSPS) is 22.9. The van der Waals surface area contributed by atoms with Crippen molar-refractivity contribution in [1.82, 2.24) is 0 Å². The van der Waals surface area contributed by atoms with Gasteiger partial charge in [0.1, 0.15) is 0 Å². The molecule has 1 heterocycles. The van der Waals surface area contributed by atoms with Crippen molar-refractivity contribution in [2.75, 3.05) is 23.8 Å². The van der Waals surface area contributed by atoms with E-state index in [0.717, 1.165) is 25.1 Å². The van der Waals surface area contributed by atoms with Crippen LogP contribution in [-0.4, -0.2) is 19.2 Å². The molecule has 0 aliphatic carbocycles. The first kappa shape index (κ1) is 14.9. The van der Waals surface area contributed by atoms with Gasteiger partial charge in [-0.25, -0.2) is 4.39 Å². The molecule has 2 atom stereocenters. The first-order chi connectivity index (χ1) is 9.54. The molecule has 1 fully saturated rings. The number of halogens is 1. The number of nitrogens with two attached hydrogens (primary N) is 1. The largest absolute Gasteiger partial charge is 0.490 e. The van der Waals surface area contributed by atoms with E-state index >= 15 is 0 Å². The number of piperidine rings is 1. The average Bonchev–Trinajstić information content (AvgIpc) is 2.41. The summed E-state index contributed by atoms with van der Waals surface area (Å²) in [6, 6.07) is 3.55. The lowest BCUT2D eigenvalue weighted by Gasteiger charge is -2.40. The van der Waals surface area contributed by atoms with E-state index in [9.17, 15) is 4.39 Å². The molecule has 2 rings (SSSR count). The molecule has 0 saturated carbocycles. The number of anilines is 2. The van der Waals surface area contributed by atoms with Crippen LogP contribution in [0.4, 0.5) is 15.8 Å². The fourth-order valence-corrected chi connectivity index (χ4v) is 2.80. The van der Waals surface area contributed by atoms with Crippen LogP contribution in [0.3, 0.4) is 0 Å². The summed E-state index contributed by atoms with van der Waals surface area (Å²) in [6.45, 7) is 7.95. The van der Waals surface area contributed by atoms with E-state index in [1.807, 2.05) is 6.92 Å². The van der Waals surface area contributed by atoms with Crippen molar-refractivity contribution in [3.05, 3.63) is 17.9 Å². The SMILES string of the molecule is CCCOc1cc(N2CCCC(C)C2C)c(N)cc1F. The van der Waals surface area contributed by atoms with Crippen molar-refractivity contribution >= 4 is 11.4 Å². The molecule has 1 aromatic carbocycles. The fourth-order valence-electron chi connectivity index (χ4n) is 2.80. The Balaban J connectivity index is 2.30. The third kappa shape index (κ3) is 3.00. The number of ether oxygens (including phenoxy) is 1. The van der Waals surface area contributed by atoms with Crippen LogP contribution in [0.2, 0.25) is 0 Å². The summed E-state index contributed by atoms with van der Waals surface area (Å²) in [5, 5.41) is 0. The van der Waals surface area contributed by atoms with Crippen molar-refractivity contribution < 1.29 is 9.13 Å². The van der Waals surface area contributed by atoms with Gasteiger partial charge in [0.15, 0.2) is 11.6 Å². The number of nitrogens with zero attached hydrogens (tertiary/aromatic N) is 1. The Morgan fingerprint density at radius 1 is 1.40 bits per heavy atom. The Kier molecular flexibility index (Phi) is 4.73. The minimum Gasteiger partial charge on any atom is -0.490 e. The first-order valence-electron chi connectivity index (χ1n) is 7.53. The van der Waals surface area contributed by atoms with Gasteiger partial charge < -0.3 is 15.4 Å². The summed E-state index contributed by atoms with van der Waals surface area (Å²) in [4.78, 5) is 2.28. The highest BCUT2D eigenvalue weighted by Crippen LogP contribution is 2.36. The molecule has 2 N–H and O–H groups in total. The number of benzene rings is 1. The van der Waals surface area contributed by atoms with Crippen molar-refractivity contribution in [3.8, 4) is 5.75 Å². The minimum absolute atomic E-state index is 0.307. The predicted octanol–water partition coefficient (Wildman–Crippen LogP) is 3.82. The predicted molar refractivity (Wildman–Crippen MR) is 81.8 cm³/mol. The quantitative estimate of drug-likeness (QED) is 0.852. The number of rotatable bonds is 4. The molecule has 0 radical (unpaired) electrons. The maximum Gasteiger partial charge on any atom is 0.167 e. The lowest BCUT2D eigenvalue weighted by Crippen LogP contribution is -2.42. The highest BCUT2D eigenvalue weighted by Gasteiger charge is 2.27. The average molecular weight is 280 g/mol. The molecule has 2 unspecified atom stereocenters. The van der Waals surface area contributed by atoms with E-state index in [1.54, 1.807) is 6.07 Å². The van der Waals surface area contributed by atoms with Gasteiger partial charge in [0.2, 0.25) is 0 Å². The fraction of sp³-hybridized carbons (Fsp3) is 0.625. The molecule has 0 bridgehead atoms. The highest BCUT2D eigenvalue weighted by atomic mass is 19.1. The van der Waals surface area contributed by atoms with Gasteiger partial charge in [0, 0.05) is 24.7 Å². The third-order valence-electron chi connectivity index (χ3n) is 4.23. The van der Waals surface area contributed by atoms with Gasteiger partial charge in [-0.2, -0.15) is 0 Å². The second-order valence-electron chi connectivity index (χ2n) is 5.74. The monoisotopic (exact) mass is 280 g/mol. The minimum atomic E-state index is -0.377. The van der Waals surface area contributed by atoms with Crippen LogP contribution in [0.25, 0.3) is 0 Å². The van der Waals surface area contributed by atoms with Gasteiger partial charge in [0.05, 0.1) is 18.0 Å². The summed E-state index contributed by atoms with van der Waals surface area (Å²) in [7, 11) is 0. The second-order valence-corrected chi connectivity index (χ2v) is 5.74. The lowest BCUT2D eigenvalue weighted by atomic mass is 9.91. The van der Waals surface area contributed by atoms with Gasteiger partial charge in [-0.3, -0.25) is 0 Å². The Morgan fingerprint density at radius 3 is 2.85 bits per heavy atom. The molecule has 1 aliphatic heterocycles. The van der Waals surface area contributed by atoms with Crippen LogP contribution in [0.15, 0.2) is 12.1 Å². The Labute approximate surface area is 120 Å². The zero-order chi connectivity index (χ0) is 14.7. The summed E-state index contributed by atoms with van der Waals surface area (Å²) in [5.74, 6) is 0.548. The smallest absolute Gasteiger partial charge is 0.167 e. The molecule has 4 heteroatoms. The molecule has 112 valence electrons. The van der Waals surface area contributed by atoms with Gasteiger partial charge >= 0.3 is 0 Å². The van der Waals surface area contributed by atoms with E-state index in [0.29, 0.717) is 30.0 Å². The highest BCUT2D eigenvalue weighted by molar-refractivity contribution is 5.70. The molecule has 20 heavy (non-hydrogen) atoms. The van der Waals surface area contributed by atoms with E-state index in [2.05, 4.69) is 18.7 Å². The number of hydrogen-bond donors (Lipinski definition) is 1. The Bertz CT molecular complexity index is 464. The molecule has 1 saturated heterocycles. The molecular formula is C16H25FN2O. The van der Waals surface area contributed by atoms with Crippen LogP contribution >= 0.6 is 0 Å². The Hall–Kier alpha value is -1.45. The zero-order valence-electron chi connectivity index (χ0n) is 12.7. The van der Waals surface area contributed by atoms with Gasteiger partial charge in [-0.15, -0.1) is 0 Å². The van der Waals surface area contributed by atoms with Gasteiger partial charge in [-0.1, -0.05) is 13.8 Å². The van der Waals surface area contributed by atoms with Crippen molar-refractivity contribution in [3.63, 3.8) is 0 Å². The maximum atomic E-state index is 13.9. The third-order valence-corrected chi connectivity index (χ3v) is 4.23. The number of hydrogen-bond acceptors (Lipinski definition) is 3. The second kappa shape index (κ2) is 6.33. The molecule has 0 aromatic heterocycles. The first-order valence-corrected chi connectivity index (χ1v) is 7.53. The maximum absolute atomic E-state index is 13.9. The van der Waals surface area contributed by atoms with Crippen molar-refractivity contribution in [1.29, 1.82) is 0 Å². The lowest BCUT2D eigenvalue weighted by molar-refractivity contribution is 0.301. The molecule has 0 amide bonds. The molecule has 1 aliphatic rings. The molecule has 0 spiro atoms. The molecule has 1 aromatic rings. The van der Waals surface area contributed by atoms with Crippen molar-refractivity contribution in [2.45, 2.75) is 46.1 Å². The van der Waals surface area contributed by atoms with E-state index in [1.165, 1.54) is 12.5 Å². The van der Waals surface area contributed by atoms with E-state index < -0.39 is 0 Å². The van der Waals surface area contributed by atoms with Gasteiger partial charge in [0.25, 0.3) is 0 Å². The summed E-state index contributed by atoms with van der Waals surface area (Å²) in [6.07, 6.45) is 3.24. The van der Waals surface area contributed by atoms with Crippen LogP contribution in [-0.2, 0) is 0 Å². The van der Waals surface area contributed by atoms with Crippen LogP contribution in [0.5, 0.6) is 5.75 Å². The van der Waals surface area contributed by atoms with Crippen LogP contribution < -0.4 is 15.4 Å². The van der Waals surface area contributed by atoms with Crippen molar-refractivity contribution in [2.24, 2.45) is 5.92 Å². The standard InChI is InChI=1S/C16H25FN2O/c1-4-8-20-16-10-15(14(18)9-13(16)17)19-7-5-6-11(2)12(19)3/h9-12H,4-8,18H2,1-3H3. The summed E-state index contributed by atoms with van der Waals surface area (Å²) >= 11 is 0. The van der Waals surface area contributed by atoms with Gasteiger partial charge in [-0.05, 0) is 32.1 Å². The number of nitrogen functional groups attached to an aromatic ring is 1. The van der Waals surface area contributed by atoms with E-state index in [-0.39, 0.29) is 5.82 Å². The topological polar surface area (TPSA) is 38.5 Å².